The molecule has 0 saturated carbocycles. The summed E-state index contributed by atoms with van der Waals surface area (Å²) in [5.41, 5.74) is 3.93. The van der Waals surface area contributed by atoms with Gasteiger partial charge in [0.15, 0.2) is 0 Å². The van der Waals surface area contributed by atoms with Gasteiger partial charge in [-0.3, -0.25) is 4.79 Å². The van der Waals surface area contributed by atoms with E-state index in [1.165, 1.54) is 6.08 Å². The van der Waals surface area contributed by atoms with Crippen molar-refractivity contribution >= 4 is 56.4 Å². The van der Waals surface area contributed by atoms with Gasteiger partial charge in [-0.2, -0.15) is 8.75 Å². The van der Waals surface area contributed by atoms with E-state index in [2.05, 4.69) is 30.0 Å². The molecular weight excluding hydrogens is 390 g/mol. The van der Waals surface area contributed by atoms with Crippen LogP contribution in [0.2, 0.25) is 0 Å². The highest BCUT2D eigenvalue weighted by Gasteiger charge is 2.10. The van der Waals surface area contributed by atoms with E-state index in [1.807, 2.05) is 37.3 Å². The monoisotopic (exact) mass is 403 g/mol. The third-order valence-electron chi connectivity index (χ3n) is 3.49. The van der Waals surface area contributed by atoms with Crippen LogP contribution in [0.4, 0.5) is 5.69 Å². The summed E-state index contributed by atoms with van der Waals surface area (Å²) in [6.45, 7) is 1.93. The summed E-state index contributed by atoms with van der Waals surface area (Å²) in [4.78, 5) is 12.3. The van der Waals surface area contributed by atoms with Crippen molar-refractivity contribution in [2.24, 2.45) is 0 Å². The first-order chi connectivity index (χ1) is 11.6. The van der Waals surface area contributed by atoms with Crippen LogP contribution < -0.4 is 10.1 Å². The number of carbonyl (C=O) groups excluding carboxylic acids is 1. The minimum atomic E-state index is -0.236. The number of rotatable bonds is 4. The number of aryl methyl sites for hydroxylation is 1. The SMILES string of the molecule is COc1ccc(Br)cc1/C=C/C(=O)Nc1c(C)ccc2nsnc12. The van der Waals surface area contributed by atoms with Crippen molar-refractivity contribution in [3.05, 3.63) is 52.0 Å². The summed E-state index contributed by atoms with van der Waals surface area (Å²) in [6.07, 6.45) is 3.19. The number of nitrogens with one attached hydrogen (secondary N) is 1. The lowest BCUT2D eigenvalue weighted by atomic mass is 10.1. The van der Waals surface area contributed by atoms with E-state index >= 15 is 0 Å². The zero-order chi connectivity index (χ0) is 17.1. The van der Waals surface area contributed by atoms with Crippen molar-refractivity contribution in [3.8, 4) is 5.75 Å². The Labute approximate surface area is 151 Å². The molecule has 0 fully saturated rings. The fourth-order valence-electron chi connectivity index (χ4n) is 2.28. The maximum Gasteiger partial charge on any atom is 0.248 e. The number of methoxy groups -OCH3 is 1. The number of ether oxygens (including phenoxy) is 1. The number of carbonyl (C=O) groups is 1. The molecule has 0 aliphatic heterocycles. The maximum absolute atomic E-state index is 12.3. The molecule has 1 aromatic heterocycles. The molecule has 7 heteroatoms. The molecule has 2 aromatic carbocycles. The molecule has 0 radical (unpaired) electrons. The van der Waals surface area contributed by atoms with Crippen molar-refractivity contribution in [1.82, 2.24) is 8.75 Å². The smallest absolute Gasteiger partial charge is 0.248 e. The Balaban J connectivity index is 1.84. The largest absolute Gasteiger partial charge is 0.496 e. The molecule has 1 amide bonds. The highest BCUT2D eigenvalue weighted by molar-refractivity contribution is 9.10. The Bertz CT molecular complexity index is 937. The van der Waals surface area contributed by atoms with Gasteiger partial charge in [-0.05, 0) is 42.8 Å². The zero-order valence-electron chi connectivity index (χ0n) is 13.0. The summed E-state index contributed by atoms with van der Waals surface area (Å²) in [5, 5.41) is 2.89. The average Bonchev–Trinajstić information content (AvgIpc) is 3.04. The molecule has 3 aromatic rings. The standard InChI is InChI=1S/C17H14BrN3O2S/c1-10-3-6-13-17(21-24-20-13)16(10)19-15(22)8-4-11-9-12(18)5-7-14(11)23-2/h3-9H,1-2H3,(H,19,22)/b8-4+. The van der Waals surface area contributed by atoms with Crippen molar-refractivity contribution in [3.63, 3.8) is 0 Å². The second-order valence-corrected chi connectivity index (χ2v) is 6.54. The predicted octanol–water partition coefficient (Wildman–Crippen LogP) is 4.42. The van der Waals surface area contributed by atoms with E-state index in [0.29, 0.717) is 17.0 Å². The van der Waals surface area contributed by atoms with Crippen molar-refractivity contribution in [2.45, 2.75) is 6.92 Å². The molecule has 0 aliphatic carbocycles. The number of hydrogen-bond donors (Lipinski definition) is 1. The fourth-order valence-corrected chi connectivity index (χ4v) is 3.20. The maximum atomic E-state index is 12.3. The molecule has 24 heavy (non-hydrogen) atoms. The minimum absolute atomic E-state index is 0.236. The second kappa shape index (κ2) is 7.11. The Kier molecular flexibility index (Phi) is 4.92. The number of nitrogens with zero attached hydrogens (tertiary/aromatic N) is 2. The van der Waals surface area contributed by atoms with E-state index in [4.69, 9.17) is 4.74 Å². The van der Waals surface area contributed by atoms with E-state index in [1.54, 1.807) is 13.2 Å². The van der Waals surface area contributed by atoms with E-state index in [-0.39, 0.29) is 5.91 Å². The lowest BCUT2D eigenvalue weighted by molar-refractivity contribution is -0.111. The van der Waals surface area contributed by atoms with Gasteiger partial charge in [0, 0.05) is 16.1 Å². The summed E-state index contributed by atoms with van der Waals surface area (Å²) >= 11 is 4.54. The molecule has 1 N–H and O–H groups in total. The first-order valence-electron chi connectivity index (χ1n) is 7.13. The van der Waals surface area contributed by atoms with Crippen LogP contribution in [0.3, 0.4) is 0 Å². The molecule has 1 heterocycles. The third kappa shape index (κ3) is 3.47. The van der Waals surface area contributed by atoms with Gasteiger partial charge >= 0.3 is 0 Å². The molecule has 5 nitrogen and oxygen atoms in total. The number of amides is 1. The van der Waals surface area contributed by atoms with E-state index < -0.39 is 0 Å². The van der Waals surface area contributed by atoms with Crippen LogP contribution in [0.1, 0.15) is 11.1 Å². The Morgan fingerprint density at radius 2 is 2.12 bits per heavy atom. The second-order valence-electron chi connectivity index (χ2n) is 5.10. The van der Waals surface area contributed by atoms with E-state index in [0.717, 1.165) is 32.8 Å². The van der Waals surface area contributed by atoms with Gasteiger partial charge < -0.3 is 10.1 Å². The lowest BCUT2D eigenvalue weighted by Crippen LogP contribution is -2.09. The Hall–Kier alpha value is -2.25. The molecule has 0 aliphatic rings. The van der Waals surface area contributed by atoms with Crippen LogP contribution in [0.15, 0.2) is 40.9 Å². The van der Waals surface area contributed by atoms with Crippen LogP contribution in [-0.4, -0.2) is 21.8 Å². The van der Waals surface area contributed by atoms with E-state index in [9.17, 15) is 4.79 Å². The number of halogens is 1. The number of hydrogen-bond acceptors (Lipinski definition) is 5. The molecule has 0 spiro atoms. The molecule has 0 saturated heterocycles. The fraction of sp³-hybridized carbons (Fsp3) is 0.118. The molecule has 0 bridgehead atoms. The Morgan fingerprint density at radius 3 is 2.92 bits per heavy atom. The molecule has 3 rings (SSSR count). The number of anilines is 1. The quantitative estimate of drug-likeness (QED) is 0.654. The Morgan fingerprint density at radius 1 is 1.29 bits per heavy atom. The normalized spacial score (nSPS) is 11.1. The molecule has 0 atom stereocenters. The summed E-state index contributed by atoms with van der Waals surface area (Å²) in [5.74, 6) is 0.463. The number of benzene rings is 2. The minimum Gasteiger partial charge on any atom is -0.496 e. The van der Waals surface area contributed by atoms with Crippen molar-refractivity contribution < 1.29 is 9.53 Å². The van der Waals surface area contributed by atoms with Crippen molar-refractivity contribution in [1.29, 1.82) is 0 Å². The summed E-state index contributed by atoms with van der Waals surface area (Å²) in [7, 11) is 1.60. The first-order valence-corrected chi connectivity index (χ1v) is 8.65. The highest BCUT2D eigenvalue weighted by atomic mass is 79.9. The molecule has 0 unspecified atom stereocenters. The lowest BCUT2D eigenvalue weighted by Gasteiger charge is -2.07. The van der Waals surface area contributed by atoms with Gasteiger partial charge in [-0.25, -0.2) is 0 Å². The van der Waals surface area contributed by atoms with Crippen LogP contribution in [0.5, 0.6) is 5.75 Å². The van der Waals surface area contributed by atoms with Crippen molar-refractivity contribution in [2.75, 3.05) is 12.4 Å². The zero-order valence-corrected chi connectivity index (χ0v) is 15.4. The summed E-state index contributed by atoms with van der Waals surface area (Å²) < 4.78 is 14.7. The van der Waals surface area contributed by atoms with Gasteiger partial charge in [0.05, 0.1) is 24.5 Å². The van der Waals surface area contributed by atoms with Crippen LogP contribution in [0, 0.1) is 6.92 Å². The molecule has 122 valence electrons. The summed E-state index contributed by atoms with van der Waals surface area (Å²) in [6, 6.07) is 9.42. The van der Waals surface area contributed by atoms with Gasteiger partial charge in [0.2, 0.25) is 5.91 Å². The first kappa shape index (κ1) is 16.6. The highest BCUT2D eigenvalue weighted by Crippen LogP contribution is 2.26. The number of aromatic nitrogens is 2. The third-order valence-corrected chi connectivity index (χ3v) is 4.53. The van der Waals surface area contributed by atoms with Gasteiger partial charge in [-0.1, -0.05) is 22.0 Å². The number of fused-ring (bicyclic) bond motifs is 1. The predicted molar refractivity (Wildman–Crippen MR) is 101 cm³/mol. The average molecular weight is 404 g/mol. The van der Waals surface area contributed by atoms with Gasteiger partial charge in [0.1, 0.15) is 16.8 Å². The van der Waals surface area contributed by atoms with Crippen LogP contribution >= 0.6 is 27.7 Å². The van der Waals surface area contributed by atoms with Crippen LogP contribution in [0.25, 0.3) is 17.1 Å². The van der Waals surface area contributed by atoms with Gasteiger partial charge in [0.25, 0.3) is 0 Å². The van der Waals surface area contributed by atoms with Crippen LogP contribution in [-0.2, 0) is 4.79 Å². The van der Waals surface area contributed by atoms with Gasteiger partial charge in [-0.15, -0.1) is 0 Å². The topological polar surface area (TPSA) is 64.1 Å². The molecular formula is C17H14BrN3O2S.